The third-order valence-electron chi connectivity index (χ3n) is 2.67. The first-order chi connectivity index (χ1) is 7.24. The van der Waals surface area contributed by atoms with Gasteiger partial charge in [-0.3, -0.25) is 0 Å². The minimum absolute atomic E-state index is 0.207. The van der Waals surface area contributed by atoms with Crippen LogP contribution in [0.4, 0.5) is 0 Å². The molecule has 0 radical (unpaired) electrons. The second kappa shape index (κ2) is 6.62. The van der Waals surface area contributed by atoms with E-state index in [9.17, 15) is 0 Å². The molecule has 1 aromatic rings. The van der Waals surface area contributed by atoms with E-state index in [1.54, 1.807) is 0 Å². The fourth-order valence-electron chi connectivity index (χ4n) is 1.71. The Labute approximate surface area is 93.5 Å². The molecule has 15 heavy (non-hydrogen) atoms. The smallest absolute Gasteiger partial charge is 0.0800 e. The maximum Gasteiger partial charge on any atom is 0.0800 e. The van der Waals surface area contributed by atoms with Crippen LogP contribution in [0.15, 0.2) is 30.3 Å². The third kappa shape index (κ3) is 4.48. The van der Waals surface area contributed by atoms with Crippen LogP contribution in [0.25, 0.3) is 0 Å². The van der Waals surface area contributed by atoms with Crippen molar-refractivity contribution in [3.05, 3.63) is 35.9 Å². The topological polar surface area (TPSA) is 9.23 Å². The molecule has 2 unspecified atom stereocenters. The van der Waals surface area contributed by atoms with Gasteiger partial charge in [0.1, 0.15) is 0 Å². The zero-order valence-corrected chi connectivity index (χ0v) is 10.1. The lowest BCUT2D eigenvalue weighted by molar-refractivity contribution is 0.00185. The summed E-state index contributed by atoms with van der Waals surface area (Å²) in [6.45, 7) is 6.50. The van der Waals surface area contributed by atoms with Gasteiger partial charge in [0.2, 0.25) is 0 Å². The lowest BCUT2D eigenvalue weighted by Gasteiger charge is -2.19. The highest BCUT2D eigenvalue weighted by Crippen LogP contribution is 2.19. The molecule has 0 aliphatic heterocycles. The Balaban J connectivity index is 2.38. The van der Waals surface area contributed by atoms with Crippen molar-refractivity contribution in [2.45, 2.75) is 52.2 Å². The molecule has 1 nitrogen and oxygen atoms in total. The minimum atomic E-state index is 0.207. The summed E-state index contributed by atoms with van der Waals surface area (Å²) in [5.74, 6) is 0. The van der Waals surface area contributed by atoms with Crippen molar-refractivity contribution in [2.75, 3.05) is 0 Å². The summed E-state index contributed by atoms with van der Waals surface area (Å²) < 4.78 is 5.94. The number of rotatable bonds is 6. The van der Waals surface area contributed by atoms with Crippen LogP contribution in [0.1, 0.15) is 51.7 Å². The number of hydrogen-bond acceptors (Lipinski definition) is 1. The zero-order chi connectivity index (χ0) is 11.1. The van der Waals surface area contributed by atoms with Gasteiger partial charge in [-0.2, -0.15) is 0 Å². The summed E-state index contributed by atoms with van der Waals surface area (Å²) in [4.78, 5) is 0. The lowest BCUT2D eigenvalue weighted by Crippen LogP contribution is -2.11. The summed E-state index contributed by atoms with van der Waals surface area (Å²) >= 11 is 0. The van der Waals surface area contributed by atoms with Crippen molar-refractivity contribution in [2.24, 2.45) is 0 Å². The van der Waals surface area contributed by atoms with Crippen LogP contribution in [0.2, 0.25) is 0 Å². The van der Waals surface area contributed by atoms with Gasteiger partial charge in [0.05, 0.1) is 12.2 Å². The molecule has 0 fully saturated rings. The van der Waals surface area contributed by atoms with E-state index in [4.69, 9.17) is 4.74 Å². The van der Waals surface area contributed by atoms with Gasteiger partial charge in [-0.05, 0) is 25.8 Å². The summed E-state index contributed by atoms with van der Waals surface area (Å²) in [5.41, 5.74) is 1.26. The highest BCUT2D eigenvalue weighted by Gasteiger charge is 2.09. The fourth-order valence-corrected chi connectivity index (χ4v) is 1.71. The van der Waals surface area contributed by atoms with E-state index < -0.39 is 0 Å². The third-order valence-corrected chi connectivity index (χ3v) is 2.67. The van der Waals surface area contributed by atoms with E-state index >= 15 is 0 Å². The van der Waals surface area contributed by atoms with Crippen molar-refractivity contribution in [3.8, 4) is 0 Å². The SMILES string of the molecule is CCCCC(C)OC(C)c1ccccc1. The molecule has 0 N–H and O–H groups in total. The number of ether oxygens (including phenoxy) is 1. The highest BCUT2D eigenvalue weighted by atomic mass is 16.5. The van der Waals surface area contributed by atoms with E-state index in [0.29, 0.717) is 6.10 Å². The standard InChI is InChI=1S/C14H22O/c1-4-5-9-12(2)15-13(3)14-10-7-6-8-11-14/h6-8,10-13H,4-5,9H2,1-3H3. The van der Waals surface area contributed by atoms with Crippen LogP contribution in [-0.2, 0) is 4.74 Å². The molecule has 0 bridgehead atoms. The Hall–Kier alpha value is -0.820. The monoisotopic (exact) mass is 206 g/mol. The summed E-state index contributed by atoms with van der Waals surface area (Å²) in [6.07, 6.45) is 4.22. The normalized spacial score (nSPS) is 14.9. The van der Waals surface area contributed by atoms with Crippen molar-refractivity contribution in [3.63, 3.8) is 0 Å². The lowest BCUT2D eigenvalue weighted by atomic mass is 10.1. The minimum Gasteiger partial charge on any atom is -0.371 e. The largest absolute Gasteiger partial charge is 0.371 e. The van der Waals surface area contributed by atoms with Crippen molar-refractivity contribution in [1.29, 1.82) is 0 Å². The van der Waals surface area contributed by atoms with Gasteiger partial charge in [0, 0.05) is 0 Å². The Kier molecular flexibility index (Phi) is 5.41. The van der Waals surface area contributed by atoms with Gasteiger partial charge in [0.25, 0.3) is 0 Å². The van der Waals surface area contributed by atoms with E-state index in [1.807, 2.05) is 6.07 Å². The average Bonchev–Trinajstić information content (AvgIpc) is 2.27. The van der Waals surface area contributed by atoms with Gasteiger partial charge in [-0.15, -0.1) is 0 Å². The molecular formula is C14H22O. The fraction of sp³-hybridized carbons (Fsp3) is 0.571. The molecule has 0 amide bonds. The molecule has 0 aliphatic carbocycles. The van der Waals surface area contributed by atoms with Gasteiger partial charge in [-0.1, -0.05) is 50.1 Å². The van der Waals surface area contributed by atoms with E-state index in [1.165, 1.54) is 18.4 Å². The summed E-state index contributed by atoms with van der Waals surface area (Å²) in [7, 11) is 0. The number of hydrogen-bond donors (Lipinski definition) is 0. The van der Waals surface area contributed by atoms with Crippen molar-refractivity contribution >= 4 is 0 Å². The second-order valence-electron chi connectivity index (χ2n) is 4.14. The summed E-state index contributed by atoms with van der Waals surface area (Å²) in [6, 6.07) is 10.4. The average molecular weight is 206 g/mol. The molecule has 1 rings (SSSR count). The van der Waals surface area contributed by atoms with E-state index in [0.717, 1.165) is 6.42 Å². The second-order valence-corrected chi connectivity index (χ2v) is 4.14. The molecule has 2 atom stereocenters. The first-order valence-corrected chi connectivity index (χ1v) is 5.94. The van der Waals surface area contributed by atoms with Gasteiger partial charge in [0.15, 0.2) is 0 Å². The molecule has 0 saturated carbocycles. The molecule has 0 spiro atoms. The predicted molar refractivity (Wildman–Crippen MR) is 64.9 cm³/mol. The van der Waals surface area contributed by atoms with Crippen LogP contribution in [0.5, 0.6) is 0 Å². The highest BCUT2D eigenvalue weighted by molar-refractivity contribution is 5.16. The molecule has 1 aromatic carbocycles. The predicted octanol–water partition coefficient (Wildman–Crippen LogP) is 4.34. The van der Waals surface area contributed by atoms with Crippen molar-refractivity contribution < 1.29 is 4.74 Å². The first-order valence-electron chi connectivity index (χ1n) is 5.94. The van der Waals surface area contributed by atoms with Crippen LogP contribution in [0.3, 0.4) is 0 Å². The molecule has 0 aliphatic rings. The van der Waals surface area contributed by atoms with Crippen molar-refractivity contribution in [1.82, 2.24) is 0 Å². The molecule has 84 valence electrons. The zero-order valence-electron chi connectivity index (χ0n) is 10.1. The summed E-state index contributed by atoms with van der Waals surface area (Å²) in [5, 5.41) is 0. The van der Waals surface area contributed by atoms with Gasteiger partial charge < -0.3 is 4.74 Å². The van der Waals surface area contributed by atoms with E-state index in [2.05, 4.69) is 45.0 Å². The first kappa shape index (κ1) is 12.3. The Morgan fingerprint density at radius 2 is 1.80 bits per heavy atom. The Morgan fingerprint density at radius 3 is 2.40 bits per heavy atom. The quantitative estimate of drug-likeness (QED) is 0.672. The molecule has 0 aromatic heterocycles. The number of benzene rings is 1. The Bertz CT molecular complexity index is 255. The van der Waals surface area contributed by atoms with Gasteiger partial charge >= 0.3 is 0 Å². The molecule has 0 saturated heterocycles. The molecule has 1 heteroatoms. The maximum absolute atomic E-state index is 5.94. The van der Waals surface area contributed by atoms with Crippen LogP contribution < -0.4 is 0 Å². The Morgan fingerprint density at radius 1 is 1.13 bits per heavy atom. The molecular weight excluding hydrogens is 184 g/mol. The van der Waals surface area contributed by atoms with Gasteiger partial charge in [-0.25, -0.2) is 0 Å². The maximum atomic E-state index is 5.94. The number of unbranched alkanes of at least 4 members (excludes halogenated alkanes) is 1. The molecule has 0 heterocycles. The van der Waals surface area contributed by atoms with Crippen LogP contribution >= 0.6 is 0 Å². The van der Waals surface area contributed by atoms with Crippen LogP contribution in [-0.4, -0.2) is 6.10 Å². The van der Waals surface area contributed by atoms with Crippen LogP contribution in [0, 0.1) is 0 Å². The van der Waals surface area contributed by atoms with E-state index in [-0.39, 0.29) is 6.10 Å².